The van der Waals surface area contributed by atoms with E-state index in [1.54, 1.807) is 6.26 Å². The predicted molar refractivity (Wildman–Crippen MR) is 107 cm³/mol. The topological polar surface area (TPSA) is 101 Å². The number of furan rings is 1. The van der Waals surface area contributed by atoms with Gasteiger partial charge in [-0.1, -0.05) is 0 Å². The van der Waals surface area contributed by atoms with Crippen LogP contribution in [0.4, 0.5) is 0 Å². The summed E-state index contributed by atoms with van der Waals surface area (Å²) in [5.41, 5.74) is 3.74. The number of benzene rings is 1. The highest BCUT2D eigenvalue weighted by molar-refractivity contribution is 5.99. The molecule has 1 aliphatic rings. The van der Waals surface area contributed by atoms with E-state index in [1.165, 1.54) is 4.90 Å². The Morgan fingerprint density at radius 1 is 1.17 bits per heavy atom. The highest BCUT2D eigenvalue weighted by atomic mass is 16.4. The van der Waals surface area contributed by atoms with Gasteiger partial charge in [-0.15, -0.1) is 0 Å². The first-order valence-corrected chi connectivity index (χ1v) is 9.75. The zero-order valence-electron chi connectivity index (χ0n) is 16.7. The van der Waals surface area contributed by atoms with Crippen LogP contribution in [0.3, 0.4) is 0 Å². The monoisotopic (exact) mass is 397 g/mol. The van der Waals surface area contributed by atoms with E-state index in [2.05, 4.69) is 0 Å². The maximum absolute atomic E-state index is 12.6. The highest BCUT2D eigenvalue weighted by Crippen LogP contribution is 2.32. The number of hydrogen-bond donors (Lipinski definition) is 1. The van der Waals surface area contributed by atoms with Crippen LogP contribution in [-0.2, 0) is 16.0 Å². The molecule has 7 nitrogen and oxygen atoms in total. The molecule has 0 saturated carbocycles. The molecule has 1 N–H and O–H groups in total. The second kappa shape index (κ2) is 7.06. The second-order valence-corrected chi connectivity index (χ2v) is 7.75. The average molecular weight is 397 g/mol. The number of fused-ring (bicyclic) bond motifs is 2. The first kappa shape index (κ1) is 19.2. The number of carboxylic acid groups (broad SMARTS) is 1. The van der Waals surface area contributed by atoms with Gasteiger partial charge in [0.25, 0.3) is 0 Å². The van der Waals surface area contributed by atoms with Crippen LogP contribution < -0.4 is 5.63 Å². The number of hydrogen-bond acceptors (Lipinski definition) is 5. The Morgan fingerprint density at radius 2 is 1.93 bits per heavy atom. The Morgan fingerprint density at radius 3 is 2.66 bits per heavy atom. The van der Waals surface area contributed by atoms with Crippen LogP contribution in [-0.4, -0.2) is 34.5 Å². The lowest BCUT2D eigenvalue weighted by Crippen LogP contribution is -2.40. The van der Waals surface area contributed by atoms with Crippen LogP contribution in [0.25, 0.3) is 21.9 Å². The average Bonchev–Trinajstić information content (AvgIpc) is 3.30. The number of carbonyl (C=O) groups is 2. The molecule has 1 aromatic carbocycles. The molecule has 0 spiro atoms. The lowest BCUT2D eigenvalue weighted by atomic mass is 9.98. The minimum atomic E-state index is -0.979. The molecular weight excluding hydrogens is 374 g/mol. The molecule has 7 heteroatoms. The third-order valence-electron chi connectivity index (χ3n) is 5.98. The molecule has 29 heavy (non-hydrogen) atoms. The van der Waals surface area contributed by atoms with Crippen molar-refractivity contribution in [1.29, 1.82) is 0 Å². The molecule has 3 heterocycles. The molecule has 1 saturated heterocycles. The smallest absolute Gasteiger partial charge is 0.339 e. The standard InChI is InChI=1S/C22H23NO6/c1-11-10-28-19-13(3)20-16(9-15(11)19)12(2)14(22(27)29-20)6-7-18(24)23-8-4-5-17(23)21(25)26/h9-10,17H,4-8H2,1-3H3,(H,25,26)/t17-/m1/s1. The largest absolute Gasteiger partial charge is 0.480 e. The molecule has 152 valence electrons. The number of nitrogens with zero attached hydrogens (tertiary/aromatic N) is 1. The normalized spacial score (nSPS) is 16.8. The fourth-order valence-electron chi connectivity index (χ4n) is 4.31. The molecular formula is C22H23NO6. The molecule has 1 fully saturated rings. The molecule has 3 aromatic rings. The second-order valence-electron chi connectivity index (χ2n) is 7.75. The molecule has 0 unspecified atom stereocenters. The quantitative estimate of drug-likeness (QED) is 0.677. The van der Waals surface area contributed by atoms with E-state index in [9.17, 15) is 19.5 Å². The van der Waals surface area contributed by atoms with Crippen molar-refractivity contribution >= 4 is 33.8 Å². The summed E-state index contributed by atoms with van der Waals surface area (Å²) >= 11 is 0. The Hall–Kier alpha value is -3.09. The number of carboxylic acids is 1. The predicted octanol–water partition coefficient (Wildman–Crippen LogP) is 3.47. The molecule has 4 rings (SSSR count). The molecule has 1 aliphatic heterocycles. The van der Waals surface area contributed by atoms with Gasteiger partial charge >= 0.3 is 11.6 Å². The number of likely N-dealkylation sites (tertiary alicyclic amines) is 1. The Bertz CT molecular complexity index is 1200. The molecule has 2 aromatic heterocycles. The SMILES string of the molecule is Cc1coc2c(C)c3oc(=O)c(CCC(=O)N4CCC[C@@H]4C(=O)O)c(C)c3cc12. The summed E-state index contributed by atoms with van der Waals surface area (Å²) in [5.74, 6) is -1.22. The van der Waals surface area contributed by atoms with Gasteiger partial charge in [0, 0.05) is 34.9 Å². The van der Waals surface area contributed by atoms with Gasteiger partial charge in [0.2, 0.25) is 5.91 Å². The fraction of sp³-hybridized carbons (Fsp3) is 0.409. The number of aliphatic carboxylic acids is 1. The zero-order valence-corrected chi connectivity index (χ0v) is 16.7. The van der Waals surface area contributed by atoms with E-state index < -0.39 is 17.6 Å². The van der Waals surface area contributed by atoms with Gasteiger partial charge in [-0.2, -0.15) is 0 Å². The maximum atomic E-state index is 12.6. The van der Waals surface area contributed by atoms with Gasteiger partial charge in [0.1, 0.15) is 17.2 Å². The van der Waals surface area contributed by atoms with Crippen LogP contribution in [0.15, 0.2) is 26.0 Å². The van der Waals surface area contributed by atoms with Crippen molar-refractivity contribution in [3.05, 3.63) is 45.0 Å². The molecule has 0 radical (unpaired) electrons. The van der Waals surface area contributed by atoms with Gasteiger partial charge < -0.3 is 18.8 Å². The van der Waals surface area contributed by atoms with Gasteiger partial charge in [-0.3, -0.25) is 4.79 Å². The highest BCUT2D eigenvalue weighted by Gasteiger charge is 2.33. The summed E-state index contributed by atoms with van der Waals surface area (Å²) < 4.78 is 11.2. The number of rotatable bonds is 4. The van der Waals surface area contributed by atoms with E-state index >= 15 is 0 Å². The summed E-state index contributed by atoms with van der Waals surface area (Å²) in [6.45, 7) is 6.12. The Labute approximate surface area is 166 Å². The van der Waals surface area contributed by atoms with Crippen LogP contribution >= 0.6 is 0 Å². The van der Waals surface area contributed by atoms with Crippen LogP contribution in [0, 0.1) is 20.8 Å². The Kier molecular flexibility index (Phi) is 4.68. The summed E-state index contributed by atoms with van der Waals surface area (Å²) in [6, 6.07) is 1.19. The van der Waals surface area contributed by atoms with E-state index in [4.69, 9.17) is 8.83 Å². The molecule has 0 aliphatic carbocycles. The van der Waals surface area contributed by atoms with Gasteiger partial charge in [-0.05, 0) is 57.2 Å². The van der Waals surface area contributed by atoms with E-state index in [0.717, 1.165) is 27.5 Å². The third-order valence-corrected chi connectivity index (χ3v) is 5.98. The van der Waals surface area contributed by atoms with Gasteiger partial charge in [-0.25, -0.2) is 9.59 Å². The van der Waals surface area contributed by atoms with Crippen molar-refractivity contribution in [2.45, 2.75) is 52.5 Å². The zero-order chi connectivity index (χ0) is 20.9. The summed E-state index contributed by atoms with van der Waals surface area (Å²) in [7, 11) is 0. The van der Waals surface area contributed by atoms with Crippen molar-refractivity contribution in [2.75, 3.05) is 6.54 Å². The summed E-state index contributed by atoms with van der Waals surface area (Å²) in [5, 5.41) is 11.1. The third kappa shape index (κ3) is 3.10. The van der Waals surface area contributed by atoms with E-state index in [0.29, 0.717) is 36.1 Å². The van der Waals surface area contributed by atoms with Crippen molar-refractivity contribution < 1.29 is 23.5 Å². The van der Waals surface area contributed by atoms with Gasteiger partial charge in [0.05, 0.1) is 6.26 Å². The molecule has 1 atom stereocenters. The Balaban J connectivity index is 1.68. The van der Waals surface area contributed by atoms with Crippen molar-refractivity contribution in [3.63, 3.8) is 0 Å². The van der Waals surface area contributed by atoms with Crippen LogP contribution in [0.1, 0.15) is 41.5 Å². The fourth-order valence-corrected chi connectivity index (χ4v) is 4.31. The van der Waals surface area contributed by atoms with Crippen LogP contribution in [0.2, 0.25) is 0 Å². The molecule has 0 bridgehead atoms. The van der Waals surface area contributed by atoms with Crippen molar-refractivity contribution in [3.8, 4) is 0 Å². The number of carbonyl (C=O) groups excluding carboxylic acids is 1. The first-order chi connectivity index (χ1) is 13.8. The lowest BCUT2D eigenvalue weighted by Gasteiger charge is -2.21. The lowest BCUT2D eigenvalue weighted by molar-refractivity contribution is -0.148. The van der Waals surface area contributed by atoms with E-state index in [1.807, 2.05) is 26.8 Å². The number of amides is 1. The number of aryl methyl sites for hydroxylation is 3. The van der Waals surface area contributed by atoms with Crippen LogP contribution in [0.5, 0.6) is 0 Å². The minimum absolute atomic E-state index is 0.0762. The van der Waals surface area contributed by atoms with Gasteiger partial charge in [0.15, 0.2) is 0 Å². The summed E-state index contributed by atoms with van der Waals surface area (Å²) in [6.07, 6.45) is 3.12. The summed E-state index contributed by atoms with van der Waals surface area (Å²) in [4.78, 5) is 37.9. The van der Waals surface area contributed by atoms with Crippen molar-refractivity contribution in [2.24, 2.45) is 0 Å². The first-order valence-electron chi connectivity index (χ1n) is 9.75. The van der Waals surface area contributed by atoms with E-state index in [-0.39, 0.29) is 18.7 Å². The van der Waals surface area contributed by atoms with Crippen molar-refractivity contribution in [1.82, 2.24) is 4.90 Å². The molecule has 1 amide bonds. The maximum Gasteiger partial charge on any atom is 0.339 e. The minimum Gasteiger partial charge on any atom is -0.480 e.